The number of benzene rings is 2. The molecule has 1 N–H and O–H groups in total. The topological polar surface area (TPSA) is 57.6 Å². The SMILES string of the molecule is O=C1c2ccccc2C(Cc2ccccc2)C(=O)N1O. The predicted molar refractivity (Wildman–Crippen MR) is 72.3 cm³/mol. The van der Waals surface area contributed by atoms with Crippen LogP contribution in [0.25, 0.3) is 0 Å². The van der Waals surface area contributed by atoms with Gasteiger partial charge < -0.3 is 0 Å². The minimum atomic E-state index is -0.657. The van der Waals surface area contributed by atoms with Gasteiger partial charge in [-0.3, -0.25) is 14.8 Å². The number of hydrogen-bond acceptors (Lipinski definition) is 3. The fourth-order valence-corrected chi connectivity index (χ4v) is 2.54. The first-order valence-corrected chi connectivity index (χ1v) is 6.38. The monoisotopic (exact) mass is 267 g/mol. The minimum absolute atomic E-state index is 0.232. The maximum absolute atomic E-state index is 12.2. The van der Waals surface area contributed by atoms with Gasteiger partial charge in [-0.05, 0) is 23.6 Å². The molecule has 1 aliphatic heterocycles. The van der Waals surface area contributed by atoms with Crippen molar-refractivity contribution in [1.82, 2.24) is 5.06 Å². The van der Waals surface area contributed by atoms with Crippen LogP contribution in [0.15, 0.2) is 54.6 Å². The molecule has 2 amide bonds. The zero-order chi connectivity index (χ0) is 14.1. The molecule has 0 saturated heterocycles. The van der Waals surface area contributed by atoms with Crippen LogP contribution in [0.2, 0.25) is 0 Å². The molecule has 0 saturated carbocycles. The van der Waals surface area contributed by atoms with Crippen LogP contribution in [0.1, 0.15) is 27.4 Å². The third-order valence-electron chi connectivity index (χ3n) is 3.55. The molecule has 1 heterocycles. The highest BCUT2D eigenvalue weighted by molar-refractivity contribution is 6.10. The van der Waals surface area contributed by atoms with Gasteiger partial charge in [-0.25, -0.2) is 0 Å². The Balaban J connectivity index is 2.03. The summed E-state index contributed by atoms with van der Waals surface area (Å²) in [4.78, 5) is 24.0. The smallest absolute Gasteiger partial charge is 0.278 e. The van der Waals surface area contributed by atoms with E-state index in [0.717, 1.165) is 5.56 Å². The Morgan fingerprint density at radius 3 is 2.35 bits per heavy atom. The molecule has 1 unspecified atom stereocenters. The largest absolute Gasteiger partial charge is 0.284 e. The van der Waals surface area contributed by atoms with Gasteiger partial charge in [0.1, 0.15) is 0 Å². The molecule has 1 aliphatic rings. The highest BCUT2D eigenvalue weighted by atomic mass is 16.5. The first kappa shape index (κ1) is 12.6. The van der Waals surface area contributed by atoms with E-state index in [0.29, 0.717) is 17.5 Å². The number of rotatable bonds is 2. The summed E-state index contributed by atoms with van der Waals surface area (Å²) in [6.07, 6.45) is 0.459. The zero-order valence-corrected chi connectivity index (χ0v) is 10.7. The standard InChI is InChI=1S/C16H13NO3/c18-15-13-9-5-4-8-12(13)14(16(19)17(15)20)10-11-6-2-1-3-7-11/h1-9,14,20H,10H2. The average Bonchev–Trinajstić information content (AvgIpc) is 2.50. The van der Waals surface area contributed by atoms with Crippen LogP contribution in [-0.2, 0) is 11.2 Å². The highest BCUT2D eigenvalue weighted by Crippen LogP contribution is 2.31. The molecule has 4 heteroatoms. The van der Waals surface area contributed by atoms with Gasteiger partial charge in [-0.15, -0.1) is 0 Å². The molecule has 1 atom stereocenters. The minimum Gasteiger partial charge on any atom is -0.278 e. The number of imide groups is 1. The third kappa shape index (κ3) is 2.00. The van der Waals surface area contributed by atoms with E-state index < -0.39 is 17.7 Å². The van der Waals surface area contributed by atoms with Gasteiger partial charge in [0.25, 0.3) is 11.8 Å². The number of amides is 2. The van der Waals surface area contributed by atoms with Gasteiger partial charge in [-0.2, -0.15) is 5.06 Å². The van der Waals surface area contributed by atoms with Gasteiger partial charge in [0.05, 0.1) is 5.92 Å². The van der Waals surface area contributed by atoms with E-state index in [1.165, 1.54) is 0 Å². The zero-order valence-electron chi connectivity index (χ0n) is 10.7. The second-order valence-corrected chi connectivity index (χ2v) is 4.78. The van der Waals surface area contributed by atoms with Gasteiger partial charge >= 0.3 is 0 Å². The molecule has 3 rings (SSSR count). The lowest BCUT2D eigenvalue weighted by molar-refractivity contribution is -0.156. The molecular formula is C16H13NO3. The normalized spacial score (nSPS) is 18.1. The van der Waals surface area contributed by atoms with E-state index in [4.69, 9.17) is 0 Å². The lowest BCUT2D eigenvalue weighted by Gasteiger charge is -2.28. The Morgan fingerprint density at radius 1 is 0.950 bits per heavy atom. The molecule has 0 spiro atoms. The average molecular weight is 267 g/mol. The van der Waals surface area contributed by atoms with E-state index in [2.05, 4.69) is 0 Å². The maximum atomic E-state index is 12.2. The molecule has 20 heavy (non-hydrogen) atoms. The quantitative estimate of drug-likeness (QED) is 0.671. The fourth-order valence-electron chi connectivity index (χ4n) is 2.54. The highest BCUT2D eigenvalue weighted by Gasteiger charge is 2.37. The molecule has 0 bridgehead atoms. The van der Waals surface area contributed by atoms with Crippen molar-refractivity contribution in [3.05, 3.63) is 71.3 Å². The first-order chi connectivity index (χ1) is 9.68. The van der Waals surface area contributed by atoms with Crippen molar-refractivity contribution >= 4 is 11.8 Å². The number of hydroxylamine groups is 2. The molecule has 0 aromatic heterocycles. The molecule has 0 aliphatic carbocycles. The van der Waals surface area contributed by atoms with Crippen molar-refractivity contribution < 1.29 is 14.8 Å². The van der Waals surface area contributed by atoms with Crippen LogP contribution < -0.4 is 0 Å². The van der Waals surface area contributed by atoms with Crippen molar-refractivity contribution in [3.8, 4) is 0 Å². The van der Waals surface area contributed by atoms with Crippen molar-refractivity contribution in [2.24, 2.45) is 0 Å². The summed E-state index contributed by atoms with van der Waals surface area (Å²) < 4.78 is 0. The Labute approximate surface area is 116 Å². The van der Waals surface area contributed by atoms with Crippen molar-refractivity contribution in [3.63, 3.8) is 0 Å². The molecule has 0 radical (unpaired) electrons. The van der Waals surface area contributed by atoms with Crippen molar-refractivity contribution in [2.75, 3.05) is 0 Å². The van der Waals surface area contributed by atoms with E-state index in [1.807, 2.05) is 30.3 Å². The van der Waals surface area contributed by atoms with Crippen LogP contribution in [0.3, 0.4) is 0 Å². The second kappa shape index (κ2) is 4.90. The first-order valence-electron chi connectivity index (χ1n) is 6.38. The van der Waals surface area contributed by atoms with Gasteiger partial charge in [0.2, 0.25) is 0 Å². The molecule has 100 valence electrons. The Hall–Kier alpha value is -2.46. The predicted octanol–water partition coefficient (Wildman–Crippen LogP) is 2.38. The Bertz CT molecular complexity index is 666. The van der Waals surface area contributed by atoms with Crippen molar-refractivity contribution in [2.45, 2.75) is 12.3 Å². The van der Waals surface area contributed by atoms with Crippen LogP contribution in [0.4, 0.5) is 0 Å². The maximum Gasteiger partial charge on any atom is 0.284 e. The molecule has 4 nitrogen and oxygen atoms in total. The van der Waals surface area contributed by atoms with E-state index in [9.17, 15) is 14.8 Å². The summed E-state index contributed by atoms with van der Waals surface area (Å²) in [5, 5.41) is 9.91. The van der Waals surface area contributed by atoms with Gasteiger partial charge in [-0.1, -0.05) is 48.5 Å². The number of fused-ring (bicyclic) bond motifs is 1. The molecule has 2 aromatic carbocycles. The van der Waals surface area contributed by atoms with Crippen molar-refractivity contribution in [1.29, 1.82) is 0 Å². The van der Waals surface area contributed by atoms with E-state index in [1.54, 1.807) is 24.3 Å². The molecule has 0 fully saturated rings. The fraction of sp³-hybridized carbons (Fsp3) is 0.125. The summed E-state index contributed by atoms with van der Waals surface area (Å²) in [7, 11) is 0. The van der Waals surface area contributed by atoms with Crippen LogP contribution >= 0.6 is 0 Å². The lowest BCUT2D eigenvalue weighted by atomic mass is 9.85. The summed E-state index contributed by atoms with van der Waals surface area (Å²) in [5.74, 6) is -1.76. The molecular weight excluding hydrogens is 254 g/mol. The third-order valence-corrected chi connectivity index (χ3v) is 3.55. The van der Waals surface area contributed by atoms with Gasteiger partial charge in [0, 0.05) is 5.56 Å². The summed E-state index contributed by atoms with van der Waals surface area (Å²) in [6.45, 7) is 0. The van der Waals surface area contributed by atoms with Crippen LogP contribution in [0, 0.1) is 0 Å². The number of carbonyl (C=O) groups excluding carboxylic acids is 2. The van der Waals surface area contributed by atoms with E-state index in [-0.39, 0.29) is 5.06 Å². The van der Waals surface area contributed by atoms with E-state index >= 15 is 0 Å². The Morgan fingerprint density at radius 2 is 1.60 bits per heavy atom. The summed E-state index contributed by atoms with van der Waals surface area (Å²) in [5.41, 5.74) is 2.05. The summed E-state index contributed by atoms with van der Waals surface area (Å²) in [6, 6.07) is 16.5. The van der Waals surface area contributed by atoms with Crippen LogP contribution in [-0.4, -0.2) is 22.1 Å². The number of carbonyl (C=O) groups is 2. The van der Waals surface area contributed by atoms with Gasteiger partial charge in [0.15, 0.2) is 0 Å². The second-order valence-electron chi connectivity index (χ2n) is 4.78. The van der Waals surface area contributed by atoms with Crippen LogP contribution in [0.5, 0.6) is 0 Å². The lowest BCUT2D eigenvalue weighted by Crippen LogP contribution is -2.43. The summed E-state index contributed by atoms with van der Waals surface area (Å²) >= 11 is 0. The molecule has 2 aromatic rings. The Kier molecular flexibility index (Phi) is 3.08. The number of hydrogen-bond donors (Lipinski definition) is 1. The number of nitrogens with zero attached hydrogens (tertiary/aromatic N) is 1.